The number of halogens is 4. The molecule has 11 heteroatoms. The largest absolute Gasteiger partial charge is 0.434 e. The summed E-state index contributed by atoms with van der Waals surface area (Å²) in [7, 11) is 0. The molecule has 3 aromatic heterocycles. The summed E-state index contributed by atoms with van der Waals surface area (Å²) in [6.45, 7) is 3.95. The van der Waals surface area contributed by atoms with Crippen molar-refractivity contribution < 1.29 is 18.0 Å². The minimum atomic E-state index is -4.75. The van der Waals surface area contributed by atoms with Crippen molar-refractivity contribution in [3.63, 3.8) is 0 Å². The number of fused-ring (bicyclic) bond motifs is 1. The molecular formula is C19H16ClF3N6O. The molecule has 30 heavy (non-hydrogen) atoms. The number of nitrogens with zero attached hydrogens (tertiary/aromatic N) is 6. The van der Waals surface area contributed by atoms with Gasteiger partial charge in [0, 0.05) is 25.4 Å². The molecule has 0 aromatic carbocycles. The monoisotopic (exact) mass is 436 g/mol. The Morgan fingerprint density at radius 1 is 1.23 bits per heavy atom. The molecule has 0 aliphatic carbocycles. The van der Waals surface area contributed by atoms with Crippen molar-refractivity contribution >= 4 is 17.5 Å². The first-order valence-electron chi connectivity index (χ1n) is 9.08. The maximum Gasteiger partial charge on any atom is 0.434 e. The lowest BCUT2D eigenvalue weighted by Crippen LogP contribution is -2.39. The zero-order valence-corrected chi connectivity index (χ0v) is 16.7. The van der Waals surface area contributed by atoms with Crippen molar-refractivity contribution in [3.8, 4) is 5.82 Å². The van der Waals surface area contributed by atoms with Gasteiger partial charge in [-0.2, -0.15) is 17.9 Å². The fourth-order valence-corrected chi connectivity index (χ4v) is 3.80. The molecule has 0 spiro atoms. The van der Waals surface area contributed by atoms with E-state index in [1.807, 2.05) is 19.1 Å². The summed E-state index contributed by atoms with van der Waals surface area (Å²) in [5.41, 5.74) is 0.858. The molecule has 1 aliphatic rings. The van der Waals surface area contributed by atoms with Crippen LogP contribution in [0.15, 0.2) is 30.6 Å². The van der Waals surface area contributed by atoms with Crippen LogP contribution in [-0.2, 0) is 12.6 Å². The number of pyridine rings is 2. The van der Waals surface area contributed by atoms with Gasteiger partial charge in [-0.15, -0.1) is 5.10 Å². The molecular weight excluding hydrogens is 421 g/mol. The Labute approximate surface area is 174 Å². The number of rotatable bonds is 2. The average molecular weight is 437 g/mol. The summed E-state index contributed by atoms with van der Waals surface area (Å²) in [6, 6.07) is 4.42. The summed E-state index contributed by atoms with van der Waals surface area (Å²) < 4.78 is 40.9. The number of aromatic nitrogens is 5. The Kier molecular flexibility index (Phi) is 4.97. The number of aryl methyl sites for hydroxylation is 1. The van der Waals surface area contributed by atoms with Gasteiger partial charge in [0.1, 0.15) is 5.69 Å². The average Bonchev–Trinajstić information content (AvgIpc) is 3.12. The number of carbonyl (C=O) groups excluding carboxylic acids is 1. The predicted octanol–water partition coefficient (Wildman–Crippen LogP) is 3.80. The molecule has 0 saturated carbocycles. The first-order valence-corrected chi connectivity index (χ1v) is 9.46. The van der Waals surface area contributed by atoms with Gasteiger partial charge in [-0.05, 0) is 37.6 Å². The van der Waals surface area contributed by atoms with E-state index < -0.39 is 28.8 Å². The minimum absolute atomic E-state index is 0.248. The van der Waals surface area contributed by atoms with Crippen LogP contribution in [-0.4, -0.2) is 42.3 Å². The van der Waals surface area contributed by atoms with Gasteiger partial charge in [-0.25, -0.2) is 4.98 Å². The second-order valence-electron chi connectivity index (χ2n) is 6.97. The van der Waals surface area contributed by atoms with Crippen LogP contribution in [0.4, 0.5) is 13.2 Å². The molecule has 7 nitrogen and oxygen atoms in total. The lowest BCUT2D eigenvalue weighted by atomic mass is 10.0. The first kappa shape index (κ1) is 20.3. The molecule has 0 saturated heterocycles. The summed E-state index contributed by atoms with van der Waals surface area (Å²) >= 11 is 5.88. The highest BCUT2D eigenvalue weighted by atomic mass is 35.5. The number of alkyl halides is 3. The third-order valence-corrected chi connectivity index (χ3v) is 5.40. The predicted molar refractivity (Wildman–Crippen MR) is 101 cm³/mol. The molecule has 4 heterocycles. The highest BCUT2D eigenvalue weighted by Crippen LogP contribution is 2.36. The molecule has 0 bridgehead atoms. The smallest absolute Gasteiger partial charge is 0.330 e. The summed E-state index contributed by atoms with van der Waals surface area (Å²) in [5, 5.41) is 7.67. The van der Waals surface area contributed by atoms with Gasteiger partial charge in [0.2, 0.25) is 0 Å². The van der Waals surface area contributed by atoms with Gasteiger partial charge in [0.05, 0.1) is 22.3 Å². The van der Waals surface area contributed by atoms with Crippen molar-refractivity contribution in [2.45, 2.75) is 32.5 Å². The number of hydrogen-bond acceptors (Lipinski definition) is 5. The number of carbonyl (C=O) groups is 1. The second kappa shape index (κ2) is 7.35. The maximum atomic E-state index is 13.1. The van der Waals surface area contributed by atoms with Crippen LogP contribution in [0.1, 0.15) is 46.0 Å². The van der Waals surface area contributed by atoms with E-state index in [9.17, 15) is 18.0 Å². The van der Waals surface area contributed by atoms with Crippen LogP contribution in [0.3, 0.4) is 0 Å². The zero-order valence-electron chi connectivity index (χ0n) is 16.0. The zero-order chi connectivity index (χ0) is 21.6. The Bertz CT molecular complexity index is 1130. The van der Waals surface area contributed by atoms with E-state index >= 15 is 0 Å². The van der Waals surface area contributed by atoms with Gasteiger partial charge in [-0.1, -0.05) is 16.8 Å². The van der Waals surface area contributed by atoms with Crippen LogP contribution in [0, 0.1) is 6.92 Å². The molecule has 1 aliphatic heterocycles. The third-order valence-electron chi connectivity index (χ3n) is 5.01. The van der Waals surface area contributed by atoms with Crippen molar-refractivity contribution in [3.05, 3.63) is 63.8 Å². The van der Waals surface area contributed by atoms with Gasteiger partial charge in [0.25, 0.3) is 5.91 Å². The van der Waals surface area contributed by atoms with Gasteiger partial charge in [0.15, 0.2) is 11.5 Å². The van der Waals surface area contributed by atoms with Gasteiger partial charge < -0.3 is 4.90 Å². The molecule has 1 amide bonds. The Morgan fingerprint density at radius 3 is 2.67 bits per heavy atom. The highest BCUT2D eigenvalue weighted by molar-refractivity contribution is 6.34. The van der Waals surface area contributed by atoms with E-state index in [-0.39, 0.29) is 12.1 Å². The summed E-state index contributed by atoms with van der Waals surface area (Å²) in [5.74, 6) is -0.00277. The van der Waals surface area contributed by atoms with E-state index in [0.29, 0.717) is 17.9 Å². The van der Waals surface area contributed by atoms with E-state index in [0.717, 1.165) is 17.5 Å². The lowest BCUT2D eigenvalue weighted by molar-refractivity contribution is -0.141. The third kappa shape index (κ3) is 3.41. The quantitative estimate of drug-likeness (QED) is 0.610. The summed E-state index contributed by atoms with van der Waals surface area (Å²) in [4.78, 5) is 22.0. The Hall–Kier alpha value is -3.01. The van der Waals surface area contributed by atoms with E-state index in [1.165, 1.54) is 11.0 Å². The molecule has 0 radical (unpaired) electrons. The van der Waals surface area contributed by atoms with Gasteiger partial charge in [-0.3, -0.25) is 9.78 Å². The summed E-state index contributed by atoms with van der Waals surface area (Å²) in [6.07, 6.45) is -1.73. The molecule has 3 aromatic rings. The van der Waals surface area contributed by atoms with Crippen LogP contribution in [0.25, 0.3) is 5.82 Å². The Balaban J connectivity index is 1.67. The Morgan fingerprint density at radius 2 is 1.97 bits per heavy atom. The van der Waals surface area contributed by atoms with Gasteiger partial charge >= 0.3 is 6.18 Å². The molecule has 0 N–H and O–H groups in total. The van der Waals surface area contributed by atoms with Crippen molar-refractivity contribution in [1.29, 1.82) is 0 Å². The van der Waals surface area contributed by atoms with Crippen molar-refractivity contribution in [1.82, 2.24) is 29.9 Å². The normalized spacial score (nSPS) is 16.5. The van der Waals surface area contributed by atoms with Crippen LogP contribution in [0.2, 0.25) is 5.02 Å². The molecule has 4 rings (SSSR count). The topological polar surface area (TPSA) is 76.8 Å². The number of amides is 1. The van der Waals surface area contributed by atoms with Crippen LogP contribution < -0.4 is 0 Å². The molecule has 156 valence electrons. The van der Waals surface area contributed by atoms with E-state index in [2.05, 4.69) is 20.3 Å². The highest BCUT2D eigenvalue weighted by Gasteiger charge is 2.39. The molecule has 0 fully saturated rings. The SMILES string of the molecule is Cc1ccnc(-n2nnc3c2CCN(C(=O)c2ccnc(C(F)(F)F)c2Cl)[C@H]3C)c1. The minimum Gasteiger partial charge on any atom is -0.330 e. The van der Waals surface area contributed by atoms with Crippen LogP contribution in [0.5, 0.6) is 0 Å². The fourth-order valence-electron chi connectivity index (χ4n) is 3.50. The fraction of sp³-hybridized carbons (Fsp3) is 0.316. The van der Waals surface area contributed by atoms with Crippen LogP contribution >= 0.6 is 11.6 Å². The van der Waals surface area contributed by atoms with Crippen molar-refractivity contribution in [2.75, 3.05) is 6.54 Å². The van der Waals surface area contributed by atoms with E-state index in [1.54, 1.807) is 17.8 Å². The molecule has 0 unspecified atom stereocenters. The first-order chi connectivity index (χ1) is 14.2. The lowest BCUT2D eigenvalue weighted by Gasteiger charge is -2.33. The standard InChI is InChI=1S/C19H16ClF3N6O/c1-10-3-6-24-14(9-10)29-13-5-8-28(11(2)16(13)26-27-29)18(30)12-4-7-25-17(15(12)20)19(21,22)23/h3-4,6-7,9,11H,5,8H2,1-2H3/t11-/m0/s1. The van der Waals surface area contributed by atoms with E-state index in [4.69, 9.17) is 11.6 Å². The maximum absolute atomic E-state index is 13.1. The number of hydrogen-bond donors (Lipinski definition) is 0. The van der Waals surface area contributed by atoms with Crippen molar-refractivity contribution in [2.24, 2.45) is 0 Å². The second-order valence-corrected chi connectivity index (χ2v) is 7.35. The molecule has 1 atom stereocenters.